The molecule has 0 saturated carbocycles. The molecule has 1 aromatic carbocycles. The molecule has 3 rings (SSSR count). The minimum absolute atomic E-state index is 0.679. The predicted octanol–water partition coefficient (Wildman–Crippen LogP) is 3.16. The number of hydrazine groups is 1. The summed E-state index contributed by atoms with van der Waals surface area (Å²) in [5.74, 6) is 2.69. The van der Waals surface area contributed by atoms with Gasteiger partial charge in [-0.3, -0.25) is 10.0 Å². The van der Waals surface area contributed by atoms with Crippen LogP contribution in [0.1, 0.15) is 25.8 Å². The van der Waals surface area contributed by atoms with Crippen molar-refractivity contribution in [2.75, 3.05) is 26.8 Å². The first-order valence-corrected chi connectivity index (χ1v) is 8.09. The van der Waals surface area contributed by atoms with Gasteiger partial charge >= 0.3 is 0 Å². The van der Waals surface area contributed by atoms with Crippen LogP contribution in [0.25, 0.3) is 0 Å². The van der Waals surface area contributed by atoms with E-state index in [1.165, 1.54) is 0 Å². The maximum absolute atomic E-state index is 5.77. The zero-order chi connectivity index (χ0) is 16.2. The Kier molecular flexibility index (Phi) is 4.55. The average Bonchev–Trinajstić information content (AvgIpc) is 3.00. The van der Waals surface area contributed by atoms with Gasteiger partial charge in [-0.25, -0.2) is 4.99 Å². The molecule has 2 heterocycles. The van der Waals surface area contributed by atoms with Gasteiger partial charge in [0.05, 0.1) is 25.5 Å². The highest BCUT2D eigenvalue weighted by Crippen LogP contribution is 2.27. The van der Waals surface area contributed by atoms with E-state index in [2.05, 4.69) is 24.1 Å². The molecule has 0 spiro atoms. The average molecular weight is 313 g/mol. The molecule has 5 heteroatoms. The SMILES string of the molecule is CCCOC1=CC=C2N=C(c3ccc(OCC)cc3)CN2N1C. The van der Waals surface area contributed by atoms with E-state index in [1.54, 1.807) is 0 Å². The minimum Gasteiger partial charge on any atom is -0.494 e. The molecule has 0 atom stereocenters. The number of rotatable bonds is 6. The summed E-state index contributed by atoms with van der Waals surface area (Å²) in [5.41, 5.74) is 2.17. The second-order valence-electron chi connectivity index (χ2n) is 5.48. The predicted molar refractivity (Wildman–Crippen MR) is 91.0 cm³/mol. The first kappa shape index (κ1) is 15.5. The molecule has 2 aliphatic heterocycles. The maximum Gasteiger partial charge on any atom is 0.208 e. The van der Waals surface area contributed by atoms with Crippen molar-refractivity contribution in [1.29, 1.82) is 0 Å². The first-order valence-electron chi connectivity index (χ1n) is 8.09. The molecule has 0 fully saturated rings. The summed E-state index contributed by atoms with van der Waals surface area (Å²) in [6.07, 6.45) is 4.98. The van der Waals surface area contributed by atoms with Gasteiger partial charge < -0.3 is 9.47 Å². The molecule has 0 saturated heterocycles. The van der Waals surface area contributed by atoms with Gasteiger partial charge in [0.15, 0.2) is 0 Å². The molecule has 0 aliphatic carbocycles. The van der Waals surface area contributed by atoms with Crippen LogP contribution in [0.3, 0.4) is 0 Å². The summed E-state index contributed by atoms with van der Waals surface area (Å²) < 4.78 is 11.3. The summed E-state index contributed by atoms with van der Waals surface area (Å²) in [5, 5.41) is 4.15. The van der Waals surface area contributed by atoms with Crippen LogP contribution in [0.15, 0.2) is 53.1 Å². The Labute approximate surface area is 137 Å². The fraction of sp³-hybridized carbons (Fsp3) is 0.389. The van der Waals surface area contributed by atoms with Crippen molar-refractivity contribution in [2.45, 2.75) is 20.3 Å². The van der Waals surface area contributed by atoms with Crippen molar-refractivity contribution in [1.82, 2.24) is 10.0 Å². The van der Waals surface area contributed by atoms with Crippen molar-refractivity contribution < 1.29 is 9.47 Å². The number of nitrogens with zero attached hydrogens (tertiary/aromatic N) is 3. The summed E-state index contributed by atoms with van der Waals surface area (Å²) in [4.78, 5) is 4.74. The quantitative estimate of drug-likeness (QED) is 0.808. The number of hydrogen-bond acceptors (Lipinski definition) is 5. The Morgan fingerprint density at radius 3 is 2.57 bits per heavy atom. The van der Waals surface area contributed by atoms with Crippen molar-refractivity contribution in [2.24, 2.45) is 4.99 Å². The molecular formula is C18H23N3O2. The van der Waals surface area contributed by atoms with Gasteiger partial charge in [-0.15, -0.1) is 0 Å². The lowest BCUT2D eigenvalue weighted by molar-refractivity contribution is 0.00534. The Hall–Kier alpha value is -2.43. The monoisotopic (exact) mass is 313 g/mol. The first-order chi connectivity index (χ1) is 11.2. The van der Waals surface area contributed by atoms with Crippen LogP contribution < -0.4 is 4.74 Å². The Morgan fingerprint density at radius 2 is 1.87 bits per heavy atom. The van der Waals surface area contributed by atoms with Crippen LogP contribution in [0, 0.1) is 0 Å². The minimum atomic E-state index is 0.679. The lowest BCUT2D eigenvalue weighted by Gasteiger charge is -2.34. The third-order valence-corrected chi connectivity index (χ3v) is 3.82. The summed E-state index contributed by atoms with van der Waals surface area (Å²) >= 11 is 0. The molecule has 0 aromatic heterocycles. The topological polar surface area (TPSA) is 37.3 Å². The van der Waals surface area contributed by atoms with E-state index in [0.717, 1.165) is 48.3 Å². The van der Waals surface area contributed by atoms with E-state index < -0.39 is 0 Å². The third-order valence-electron chi connectivity index (χ3n) is 3.82. The van der Waals surface area contributed by atoms with Crippen molar-refractivity contribution in [3.8, 4) is 5.75 Å². The van der Waals surface area contributed by atoms with Crippen LogP contribution in [-0.2, 0) is 4.74 Å². The highest BCUT2D eigenvalue weighted by Gasteiger charge is 2.28. The molecule has 1 aromatic rings. The van der Waals surface area contributed by atoms with Gasteiger partial charge in [-0.1, -0.05) is 6.92 Å². The molecule has 2 aliphatic rings. The summed E-state index contributed by atoms with van der Waals surface area (Å²) in [7, 11) is 2.01. The van der Waals surface area contributed by atoms with Crippen LogP contribution >= 0.6 is 0 Å². The van der Waals surface area contributed by atoms with Gasteiger partial charge in [0.1, 0.15) is 11.6 Å². The van der Waals surface area contributed by atoms with E-state index in [4.69, 9.17) is 14.5 Å². The van der Waals surface area contributed by atoms with E-state index >= 15 is 0 Å². The van der Waals surface area contributed by atoms with Crippen molar-refractivity contribution in [3.05, 3.63) is 53.7 Å². The standard InChI is InChI=1S/C18H23N3O2/c1-4-12-23-18-11-10-17-19-16(13-21(17)20(18)3)14-6-8-15(9-7-14)22-5-2/h6-11H,4-5,12-13H2,1-3H3. The molecule has 0 radical (unpaired) electrons. The van der Waals surface area contributed by atoms with E-state index in [1.807, 2.05) is 43.3 Å². The molecule has 0 bridgehead atoms. The summed E-state index contributed by atoms with van der Waals surface area (Å²) in [6, 6.07) is 8.10. The number of hydrogen-bond donors (Lipinski definition) is 0. The number of benzene rings is 1. The Morgan fingerprint density at radius 1 is 1.09 bits per heavy atom. The smallest absolute Gasteiger partial charge is 0.208 e. The molecular weight excluding hydrogens is 290 g/mol. The number of ether oxygens (including phenoxy) is 2. The summed E-state index contributed by atoms with van der Waals surface area (Å²) in [6.45, 7) is 6.23. The second kappa shape index (κ2) is 6.77. The van der Waals surface area contributed by atoms with Crippen LogP contribution in [0.5, 0.6) is 5.75 Å². The fourth-order valence-electron chi connectivity index (χ4n) is 2.62. The number of aliphatic imine (C=N–C) groups is 1. The molecule has 0 N–H and O–H groups in total. The zero-order valence-electron chi connectivity index (χ0n) is 14.0. The molecule has 5 nitrogen and oxygen atoms in total. The van der Waals surface area contributed by atoms with E-state index in [0.29, 0.717) is 6.61 Å². The fourth-order valence-corrected chi connectivity index (χ4v) is 2.62. The van der Waals surface area contributed by atoms with E-state index in [-0.39, 0.29) is 0 Å². The number of fused-ring (bicyclic) bond motifs is 1. The molecule has 122 valence electrons. The highest BCUT2D eigenvalue weighted by molar-refractivity contribution is 6.04. The van der Waals surface area contributed by atoms with Crippen LogP contribution in [-0.4, -0.2) is 42.5 Å². The zero-order valence-corrected chi connectivity index (χ0v) is 14.0. The lowest BCUT2D eigenvalue weighted by atomic mass is 10.1. The van der Waals surface area contributed by atoms with Crippen molar-refractivity contribution in [3.63, 3.8) is 0 Å². The van der Waals surface area contributed by atoms with Crippen molar-refractivity contribution >= 4 is 5.71 Å². The Balaban J connectivity index is 1.75. The molecule has 23 heavy (non-hydrogen) atoms. The lowest BCUT2D eigenvalue weighted by Crippen LogP contribution is -2.40. The van der Waals surface area contributed by atoms with Gasteiger partial charge in [0.25, 0.3) is 0 Å². The van der Waals surface area contributed by atoms with Gasteiger partial charge in [0.2, 0.25) is 5.88 Å². The van der Waals surface area contributed by atoms with Gasteiger partial charge in [-0.2, -0.15) is 0 Å². The van der Waals surface area contributed by atoms with Crippen LogP contribution in [0.4, 0.5) is 0 Å². The highest BCUT2D eigenvalue weighted by atomic mass is 16.5. The van der Waals surface area contributed by atoms with Gasteiger partial charge in [-0.05, 0) is 49.2 Å². The van der Waals surface area contributed by atoms with E-state index in [9.17, 15) is 0 Å². The molecule has 0 amide bonds. The second-order valence-corrected chi connectivity index (χ2v) is 5.48. The third kappa shape index (κ3) is 3.18. The normalized spacial score (nSPS) is 16.6. The number of allylic oxidation sites excluding steroid dienone is 2. The maximum atomic E-state index is 5.77. The van der Waals surface area contributed by atoms with Gasteiger partial charge in [0, 0.05) is 13.1 Å². The molecule has 0 unspecified atom stereocenters. The Bertz CT molecular complexity index is 647. The largest absolute Gasteiger partial charge is 0.494 e. The van der Waals surface area contributed by atoms with Crippen LogP contribution in [0.2, 0.25) is 0 Å².